The molecule has 1 aliphatic heterocycles. The zero-order valence-electron chi connectivity index (χ0n) is 12.5. The first-order valence-corrected chi connectivity index (χ1v) is 8.61. The van der Waals surface area contributed by atoms with Gasteiger partial charge in [-0.25, -0.2) is 0 Å². The molecule has 1 fully saturated rings. The number of hydrogen-bond acceptors (Lipinski definition) is 3. The van der Waals surface area contributed by atoms with Gasteiger partial charge in [0.15, 0.2) is 0 Å². The molecule has 0 bridgehead atoms. The molecular formula is C16H28N2S. The van der Waals surface area contributed by atoms with E-state index in [0.29, 0.717) is 5.41 Å². The molecule has 2 rings (SSSR count). The van der Waals surface area contributed by atoms with E-state index in [1.807, 2.05) is 11.3 Å². The lowest BCUT2D eigenvalue weighted by Crippen LogP contribution is -2.42. The van der Waals surface area contributed by atoms with E-state index >= 15 is 0 Å². The van der Waals surface area contributed by atoms with Crippen molar-refractivity contribution in [3.05, 3.63) is 22.4 Å². The van der Waals surface area contributed by atoms with Gasteiger partial charge < -0.3 is 10.2 Å². The first kappa shape index (κ1) is 15.0. The Bertz CT molecular complexity index is 334. The summed E-state index contributed by atoms with van der Waals surface area (Å²) in [5.74, 6) is 0. The summed E-state index contributed by atoms with van der Waals surface area (Å²) in [4.78, 5) is 4.07. The van der Waals surface area contributed by atoms with E-state index in [0.717, 1.165) is 13.1 Å². The van der Waals surface area contributed by atoms with Gasteiger partial charge in [0, 0.05) is 24.5 Å². The maximum Gasteiger partial charge on any atom is 0.0300 e. The number of nitrogens with zero attached hydrogens (tertiary/aromatic N) is 1. The van der Waals surface area contributed by atoms with Gasteiger partial charge in [0.25, 0.3) is 0 Å². The second-order valence-electron chi connectivity index (χ2n) is 5.80. The number of rotatable bonds is 7. The largest absolute Gasteiger partial charge is 0.311 e. The summed E-state index contributed by atoms with van der Waals surface area (Å²) < 4.78 is 0. The minimum absolute atomic E-state index is 0.654. The Labute approximate surface area is 122 Å². The van der Waals surface area contributed by atoms with Crippen LogP contribution in [0.15, 0.2) is 17.5 Å². The molecule has 0 unspecified atom stereocenters. The molecule has 2 heterocycles. The minimum atomic E-state index is 0.654. The first-order chi connectivity index (χ1) is 9.28. The fourth-order valence-corrected chi connectivity index (χ4v) is 3.74. The summed E-state index contributed by atoms with van der Waals surface area (Å²) >= 11 is 1.84. The second kappa shape index (κ2) is 7.41. The zero-order valence-corrected chi connectivity index (χ0v) is 13.3. The molecule has 0 amide bonds. The third-order valence-corrected chi connectivity index (χ3v) is 5.78. The van der Waals surface area contributed by atoms with Crippen molar-refractivity contribution >= 4 is 11.3 Å². The molecule has 3 heteroatoms. The van der Waals surface area contributed by atoms with Gasteiger partial charge in [0.1, 0.15) is 0 Å². The van der Waals surface area contributed by atoms with Gasteiger partial charge in [0.05, 0.1) is 0 Å². The lowest BCUT2D eigenvalue weighted by atomic mass is 9.74. The molecule has 2 nitrogen and oxygen atoms in total. The highest BCUT2D eigenvalue weighted by atomic mass is 32.1. The highest BCUT2D eigenvalue weighted by Crippen LogP contribution is 2.37. The Morgan fingerprint density at radius 2 is 2.00 bits per heavy atom. The van der Waals surface area contributed by atoms with Gasteiger partial charge in [-0.05, 0) is 42.8 Å². The smallest absolute Gasteiger partial charge is 0.0300 e. The van der Waals surface area contributed by atoms with Crippen molar-refractivity contribution in [1.82, 2.24) is 10.2 Å². The van der Waals surface area contributed by atoms with Gasteiger partial charge in [-0.1, -0.05) is 32.8 Å². The maximum atomic E-state index is 3.55. The second-order valence-corrected chi connectivity index (χ2v) is 6.84. The van der Waals surface area contributed by atoms with Crippen LogP contribution in [-0.2, 0) is 6.54 Å². The van der Waals surface area contributed by atoms with Crippen LogP contribution in [0.2, 0.25) is 0 Å². The van der Waals surface area contributed by atoms with E-state index in [9.17, 15) is 0 Å². The van der Waals surface area contributed by atoms with Crippen molar-refractivity contribution in [1.29, 1.82) is 0 Å². The molecule has 0 radical (unpaired) electrons. The number of thiophene rings is 1. The molecule has 0 aliphatic carbocycles. The molecule has 1 aromatic rings. The molecule has 1 N–H and O–H groups in total. The van der Waals surface area contributed by atoms with Gasteiger partial charge >= 0.3 is 0 Å². The fraction of sp³-hybridized carbons (Fsp3) is 0.750. The van der Waals surface area contributed by atoms with Crippen molar-refractivity contribution in [2.45, 2.75) is 46.1 Å². The number of hydrogen-bond donors (Lipinski definition) is 1. The van der Waals surface area contributed by atoms with E-state index in [2.05, 4.69) is 41.6 Å². The summed E-state index contributed by atoms with van der Waals surface area (Å²) in [5.41, 5.74) is 0.654. The van der Waals surface area contributed by atoms with Gasteiger partial charge in [0.2, 0.25) is 0 Å². The highest BCUT2D eigenvalue weighted by Gasteiger charge is 2.30. The quantitative estimate of drug-likeness (QED) is 0.765. The Morgan fingerprint density at radius 1 is 1.26 bits per heavy atom. The monoisotopic (exact) mass is 280 g/mol. The van der Waals surface area contributed by atoms with Crippen LogP contribution >= 0.6 is 11.3 Å². The van der Waals surface area contributed by atoms with Crippen molar-refractivity contribution in [3.63, 3.8) is 0 Å². The predicted octanol–water partition coefficient (Wildman–Crippen LogP) is 3.74. The molecular weight excluding hydrogens is 252 g/mol. The van der Waals surface area contributed by atoms with Crippen LogP contribution in [0.1, 0.15) is 44.4 Å². The zero-order chi connectivity index (χ0) is 13.6. The van der Waals surface area contributed by atoms with Crippen molar-refractivity contribution in [3.8, 4) is 0 Å². The first-order valence-electron chi connectivity index (χ1n) is 7.73. The topological polar surface area (TPSA) is 15.3 Å². The summed E-state index contributed by atoms with van der Waals surface area (Å²) in [6, 6.07) is 4.33. The number of piperidine rings is 1. The van der Waals surface area contributed by atoms with Crippen molar-refractivity contribution in [2.24, 2.45) is 5.41 Å². The molecule has 108 valence electrons. The highest BCUT2D eigenvalue weighted by molar-refractivity contribution is 7.09. The van der Waals surface area contributed by atoms with Crippen LogP contribution in [0.5, 0.6) is 0 Å². The summed E-state index contributed by atoms with van der Waals surface area (Å²) in [7, 11) is 0. The molecule has 1 aromatic heterocycles. The van der Waals surface area contributed by atoms with Crippen LogP contribution in [0.3, 0.4) is 0 Å². The molecule has 0 aromatic carbocycles. The van der Waals surface area contributed by atoms with E-state index in [1.165, 1.54) is 50.2 Å². The normalized spacial score (nSPS) is 19.7. The average molecular weight is 280 g/mol. The molecule has 0 atom stereocenters. The van der Waals surface area contributed by atoms with E-state index in [4.69, 9.17) is 0 Å². The van der Waals surface area contributed by atoms with Gasteiger partial charge in [-0.2, -0.15) is 0 Å². The number of likely N-dealkylation sites (tertiary alicyclic amines) is 1. The summed E-state index contributed by atoms with van der Waals surface area (Å²) in [5, 5.41) is 5.70. The van der Waals surface area contributed by atoms with Gasteiger partial charge in [-0.15, -0.1) is 11.3 Å². The Hall–Kier alpha value is -0.380. The van der Waals surface area contributed by atoms with Crippen molar-refractivity contribution in [2.75, 3.05) is 26.2 Å². The van der Waals surface area contributed by atoms with Crippen LogP contribution in [-0.4, -0.2) is 31.1 Å². The van der Waals surface area contributed by atoms with Crippen LogP contribution in [0.4, 0.5) is 0 Å². The van der Waals surface area contributed by atoms with Crippen molar-refractivity contribution < 1.29 is 0 Å². The van der Waals surface area contributed by atoms with E-state index < -0.39 is 0 Å². The van der Waals surface area contributed by atoms with E-state index in [1.54, 1.807) is 0 Å². The summed E-state index contributed by atoms with van der Waals surface area (Å²) in [6.07, 6.45) is 5.50. The SMILES string of the molecule is CCC1(CC)CCN(CCNCc2cccs2)CC1. The van der Waals surface area contributed by atoms with Gasteiger partial charge in [-0.3, -0.25) is 0 Å². The van der Waals surface area contributed by atoms with Crippen LogP contribution in [0.25, 0.3) is 0 Å². The molecule has 1 aliphatic rings. The molecule has 0 saturated carbocycles. The minimum Gasteiger partial charge on any atom is -0.311 e. The third kappa shape index (κ3) is 4.30. The predicted molar refractivity (Wildman–Crippen MR) is 84.7 cm³/mol. The summed E-state index contributed by atoms with van der Waals surface area (Å²) in [6.45, 7) is 10.7. The Morgan fingerprint density at radius 3 is 2.58 bits per heavy atom. The lowest BCUT2D eigenvalue weighted by molar-refractivity contribution is 0.0960. The van der Waals surface area contributed by atoms with E-state index in [-0.39, 0.29) is 0 Å². The Kier molecular flexibility index (Phi) is 5.86. The average Bonchev–Trinajstić information content (AvgIpc) is 2.98. The lowest BCUT2D eigenvalue weighted by Gasteiger charge is -2.41. The third-order valence-electron chi connectivity index (χ3n) is 4.90. The Balaban J connectivity index is 1.60. The molecule has 1 saturated heterocycles. The molecule has 19 heavy (non-hydrogen) atoms. The number of nitrogens with one attached hydrogen (secondary N) is 1. The fourth-order valence-electron chi connectivity index (χ4n) is 3.07. The molecule has 0 spiro atoms. The van der Waals surface area contributed by atoms with Crippen LogP contribution < -0.4 is 5.32 Å². The standard InChI is InChI=1S/C16H28N2S/c1-3-16(4-2)7-10-18(11-8-16)12-9-17-14-15-6-5-13-19-15/h5-6,13,17H,3-4,7-12,14H2,1-2H3. The maximum absolute atomic E-state index is 3.55. The van der Waals surface area contributed by atoms with Crippen LogP contribution in [0, 0.1) is 5.41 Å².